The first kappa shape index (κ1) is 18.9. The van der Waals surface area contributed by atoms with Gasteiger partial charge in [-0.1, -0.05) is 43.7 Å². The monoisotopic (exact) mass is 314 g/mol. The highest BCUT2D eigenvalue weighted by Crippen LogP contribution is 2.31. The number of benzene rings is 1. The van der Waals surface area contributed by atoms with E-state index in [4.69, 9.17) is 4.74 Å². The standard InChI is InChI=1S/C10H10O2.C10H16O/c1-12-10-7-3-2-5-9(10)6-4-8-11;1-7-4-8(2)9(3)10(5-7)6-11/h2-8H,1H3;4,6,8-10H,5H2,1-3H3. The molecule has 3 unspecified atom stereocenters. The van der Waals surface area contributed by atoms with Gasteiger partial charge in [0.15, 0.2) is 0 Å². The quantitative estimate of drug-likeness (QED) is 0.472. The van der Waals surface area contributed by atoms with Gasteiger partial charge in [-0.25, -0.2) is 0 Å². The average molecular weight is 314 g/mol. The Bertz CT molecular complexity index is 572. The summed E-state index contributed by atoms with van der Waals surface area (Å²) in [5.41, 5.74) is 2.28. The molecular weight excluding hydrogens is 288 g/mol. The summed E-state index contributed by atoms with van der Waals surface area (Å²) in [5.74, 6) is 2.13. The molecule has 124 valence electrons. The molecule has 0 spiro atoms. The summed E-state index contributed by atoms with van der Waals surface area (Å²) in [7, 11) is 1.60. The summed E-state index contributed by atoms with van der Waals surface area (Å²) in [5, 5.41) is 0. The molecule has 1 aliphatic carbocycles. The molecule has 1 aromatic carbocycles. The van der Waals surface area contributed by atoms with E-state index in [-0.39, 0.29) is 5.92 Å². The Kier molecular flexibility index (Phi) is 8.03. The fourth-order valence-corrected chi connectivity index (χ4v) is 2.74. The number of hydrogen-bond donors (Lipinski definition) is 0. The van der Waals surface area contributed by atoms with Gasteiger partial charge in [0.1, 0.15) is 18.3 Å². The van der Waals surface area contributed by atoms with E-state index >= 15 is 0 Å². The number of ether oxygens (including phenoxy) is 1. The van der Waals surface area contributed by atoms with Crippen molar-refractivity contribution in [3.63, 3.8) is 0 Å². The zero-order valence-electron chi connectivity index (χ0n) is 14.4. The molecule has 0 heterocycles. The van der Waals surface area contributed by atoms with Gasteiger partial charge < -0.3 is 9.53 Å². The lowest BCUT2D eigenvalue weighted by molar-refractivity contribution is -0.113. The van der Waals surface area contributed by atoms with E-state index in [1.165, 1.54) is 11.6 Å². The van der Waals surface area contributed by atoms with Crippen LogP contribution in [0.2, 0.25) is 0 Å². The number of carbonyl (C=O) groups excluding carboxylic acids is 2. The molecule has 0 aliphatic heterocycles. The van der Waals surface area contributed by atoms with Crippen LogP contribution in [-0.2, 0) is 9.59 Å². The minimum atomic E-state index is 0.259. The highest BCUT2D eigenvalue weighted by molar-refractivity contribution is 5.75. The van der Waals surface area contributed by atoms with Crippen LogP contribution in [0.4, 0.5) is 0 Å². The van der Waals surface area contributed by atoms with Crippen LogP contribution in [0.3, 0.4) is 0 Å². The molecule has 3 atom stereocenters. The smallest absolute Gasteiger partial charge is 0.142 e. The highest BCUT2D eigenvalue weighted by Gasteiger charge is 2.25. The van der Waals surface area contributed by atoms with E-state index in [9.17, 15) is 9.59 Å². The number of allylic oxidation sites excluding steroid dienone is 3. The molecule has 23 heavy (non-hydrogen) atoms. The lowest BCUT2D eigenvalue weighted by atomic mass is 9.76. The molecule has 1 aliphatic rings. The maximum atomic E-state index is 10.6. The van der Waals surface area contributed by atoms with Crippen LogP contribution in [0.15, 0.2) is 42.0 Å². The Morgan fingerprint density at radius 1 is 1.17 bits per heavy atom. The van der Waals surface area contributed by atoms with Crippen molar-refractivity contribution in [2.45, 2.75) is 27.2 Å². The summed E-state index contributed by atoms with van der Waals surface area (Å²) < 4.78 is 5.08. The number of methoxy groups -OCH3 is 1. The number of carbonyl (C=O) groups is 2. The van der Waals surface area contributed by atoms with Crippen LogP contribution < -0.4 is 4.74 Å². The highest BCUT2D eigenvalue weighted by atomic mass is 16.5. The Labute approximate surface area is 139 Å². The summed E-state index contributed by atoms with van der Waals surface area (Å²) in [4.78, 5) is 20.7. The topological polar surface area (TPSA) is 43.4 Å². The first-order valence-corrected chi connectivity index (χ1v) is 7.90. The molecule has 0 saturated carbocycles. The Morgan fingerprint density at radius 2 is 1.87 bits per heavy atom. The average Bonchev–Trinajstić information content (AvgIpc) is 2.57. The van der Waals surface area contributed by atoms with E-state index in [2.05, 4.69) is 26.8 Å². The van der Waals surface area contributed by atoms with Gasteiger partial charge in [0.05, 0.1) is 7.11 Å². The number of rotatable bonds is 4. The van der Waals surface area contributed by atoms with Crippen molar-refractivity contribution >= 4 is 18.6 Å². The van der Waals surface area contributed by atoms with Crippen molar-refractivity contribution in [2.75, 3.05) is 7.11 Å². The van der Waals surface area contributed by atoms with Gasteiger partial charge in [0.2, 0.25) is 0 Å². The van der Waals surface area contributed by atoms with Crippen molar-refractivity contribution in [3.05, 3.63) is 47.6 Å². The van der Waals surface area contributed by atoms with Crippen molar-refractivity contribution in [3.8, 4) is 5.75 Å². The molecule has 1 aromatic rings. The zero-order chi connectivity index (χ0) is 17.2. The fourth-order valence-electron chi connectivity index (χ4n) is 2.74. The van der Waals surface area contributed by atoms with E-state index < -0.39 is 0 Å². The van der Waals surface area contributed by atoms with E-state index in [1.54, 1.807) is 13.2 Å². The Hall–Kier alpha value is -2.16. The van der Waals surface area contributed by atoms with E-state index in [0.29, 0.717) is 11.8 Å². The van der Waals surface area contributed by atoms with Crippen LogP contribution in [-0.4, -0.2) is 19.7 Å². The largest absolute Gasteiger partial charge is 0.496 e. The Balaban J connectivity index is 0.000000231. The first-order valence-electron chi connectivity index (χ1n) is 7.90. The van der Waals surface area contributed by atoms with Crippen molar-refractivity contribution in [2.24, 2.45) is 17.8 Å². The lowest BCUT2D eigenvalue weighted by Crippen LogP contribution is -2.23. The van der Waals surface area contributed by atoms with Crippen LogP contribution in [0, 0.1) is 17.8 Å². The van der Waals surface area contributed by atoms with Crippen LogP contribution in [0.25, 0.3) is 6.08 Å². The third-order valence-corrected chi connectivity index (χ3v) is 4.28. The third-order valence-electron chi connectivity index (χ3n) is 4.28. The molecule has 3 nitrogen and oxygen atoms in total. The summed E-state index contributed by atoms with van der Waals surface area (Å²) in [6, 6.07) is 7.52. The minimum Gasteiger partial charge on any atom is -0.496 e. The van der Waals surface area contributed by atoms with Gasteiger partial charge in [-0.3, -0.25) is 4.79 Å². The maximum absolute atomic E-state index is 10.6. The molecule has 0 aromatic heterocycles. The van der Waals surface area contributed by atoms with Crippen molar-refractivity contribution in [1.29, 1.82) is 0 Å². The zero-order valence-corrected chi connectivity index (χ0v) is 14.4. The summed E-state index contributed by atoms with van der Waals surface area (Å²) >= 11 is 0. The molecule has 0 radical (unpaired) electrons. The molecular formula is C20H26O3. The number of hydrogen-bond acceptors (Lipinski definition) is 3. The third kappa shape index (κ3) is 5.85. The molecule has 0 fully saturated rings. The molecule has 0 N–H and O–H groups in total. The predicted molar refractivity (Wildman–Crippen MR) is 94.3 cm³/mol. The molecule has 0 amide bonds. The second kappa shape index (κ2) is 9.78. The molecule has 2 rings (SSSR count). The second-order valence-corrected chi connectivity index (χ2v) is 5.97. The SMILES string of the molecule is CC1=CC(C)C(C)C(C=O)C1.COc1ccccc1C=CC=O. The predicted octanol–water partition coefficient (Wildman–Crippen LogP) is 4.33. The van der Waals surface area contributed by atoms with Gasteiger partial charge in [-0.15, -0.1) is 0 Å². The van der Waals surface area contributed by atoms with Gasteiger partial charge >= 0.3 is 0 Å². The number of para-hydroxylation sites is 1. The first-order chi connectivity index (χ1) is 11.0. The lowest BCUT2D eigenvalue weighted by Gasteiger charge is -2.28. The summed E-state index contributed by atoms with van der Waals surface area (Å²) in [6.45, 7) is 6.45. The Morgan fingerprint density at radius 3 is 2.48 bits per heavy atom. The van der Waals surface area contributed by atoms with Crippen LogP contribution in [0.1, 0.15) is 32.8 Å². The van der Waals surface area contributed by atoms with Gasteiger partial charge in [0.25, 0.3) is 0 Å². The normalized spacial score (nSPS) is 23.5. The van der Waals surface area contributed by atoms with E-state index in [1.807, 2.05) is 24.3 Å². The van der Waals surface area contributed by atoms with Crippen LogP contribution in [0.5, 0.6) is 5.75 Å². The minimum absolute atomic E-state index is 0.259. The maximum Gasteiger partial charge on any atom is 0.142 e. The number of aldehydes is 2. The molecule has 0 saturated heterocycles. The van der Waals surface area contributed by atoms with Crippen molar-refractivity contribution in [1.82, 2.24) is 0 Å². The fraction of sp³-hybridized carbons (Fsp3) is 0.400. The van der Waals surface area contributed by atoms with E-state index in [0.717, 1.165) is 30.3 Å². The second-order valence-electron chi connectivity index (χ2n) is 5.97. The summed E-state index contributed by atoms with van der Waals surface area (Å²) in [6.07, 6.45) is 8.26. The van der Waals surface area contributed by atoms with Crippen LogP contribution >= 0.6 is 0 Å². The van der Waals surface area contributed by atoms with Gasteiger partial charge in [-0.05, 0) is 43.4 Å². The molecule has 0 bridgehead atoms. The van der Waals surface area contributed by atoms with Gasteiger partial charge in [0, 0.05) is 11.5 Å². The molecule has 3 heteroatoms. The van der Waals surface area contributed by atoms with Gasteiger partial charge in [-0.2, -0.15) is 0 Å². The van der Waals surface area contributed by atoms with Crippen molar-refractivity contribution < 1.29 is 14.3 Å².